The lowest BCUT2D eigenvalue weighted by atomic mass is 9.75. The van der Waals surface area contributed by atoms with Crippen LogP contribution in [0, 0.1) is 11.8 Å². The number of amides is 1. The molecule has 1 spiro atoms. The number of carbonyl (C=O) groups is 1. The number of hydrogen-bond donors (Lipinski definition) is 0. The standard InChI is InChI=1S/C31H47N3O2/c35-30-14-11-28(24-32-21-15-25-7-1-2-8-26(25)23-32)34(30)27-9-12-29(13-10-27)36-22-6-20-33-19-5-18-31(33)16-3-4-17-31/h9-10,12-13,25-26,28H,1-8,11,14-24H2/t25-,26-,28+/m1/s1. The van der Waals surface area contributed by atoms with Crippen LogP contribution in [0.15, 0.2) is 24.3 Å². The van der Waals surface area contributed by atoms with Crippen LogP contribution in [0.25, 0.3) is 0 Å². The molecule has 3 saturated heterocycles. The minimum Gasteiger partial charge on any atom is -0.494 e. The normalized spacial score (nSPS) is 30.8. The van der Waals surface area contributed by atoms with E-state index in [0.29, 0.717) is 18.0 Å². The van der Waals surface area contributed by atoms with Crippen LogP contribution in [0.2, 0.25) is 0 Å². The van der Waals surface area contributed by atoms with Crippen molar-refractivity contribution >= 4 is 11.6 Å². The number of carbonyl (C=O) groups excluding carboxylic acids is 1. The van der Waals surface area contributed by atoms with Crippen molar-refractivity contribution in [3.63, 3.8) is 0 Å². The summed E-state index contributed by atoms with van der Waals surface area (Å²) in [7, 11) is 0. The van der Waals surface area contributed by atoms with Gasteiger partial charge in [0, 0.05) is 37.3 Å². The van der Waals surface area contributed by atoms with E-state index < -0.39 is 0 Å². The summed E-state index contributed by atoms with van der Waals surface area (Å²) in [5, 5.41) is 0. The van der Waals surface area contributed by atoms with Crippen LogP contribution < -0.4 is 9.64 Å². The number of ether oxygens (including phenoxy) is 1. The van der Waals surface area contributed by atoms with Gasteiger partial charge in [0.05, 0.1) is 12.6 Å². The number of anilines is 1. The maximum atomic E-state index is 12.9. The van der Waals surface area contributed by atoms with Gasteiger partial charge in [-0.2, -0.15) is 0 Å². The van der Waals surface area contributed by atoms with Crippen LogP contribution in [0.5, 0.6) is 5.75 Å². The van der Waals surface area contributed by atoms with Crippen LogP contribution in [-0.2, 0) is 4.79 Å². The third-order valence-electron chi connectivity index (χ3n) is 10.4. The number of hydrogen-bond acceptors (Lipinski definition) is 4. The van der Waals surface area contributed by atoms with E-state index in [9.17, 15) is 4.79 Å². The number of nitrogens with zero attached hydrogens (tertiary/aromatic N) is 3. The monoisotopic (exact) mass is 493 g/mol. The van der Waals surface area contributed by atoms with Crippen LogP contribution in [0.3, 0.4) is 0 Å². The van der Waals surface area contributed by atoms with E-state index in [0.717, 1.165) is 49.3 Å². The summed E-state index contributed by atoms with van der Waals surface area (Å²) in [4.78, 5) is 20.4. The predicted molar refractivity (Wildman–Crippen MR) is 146 cm³/mol. The molecule has 1 amide bonds. The van der Waals surface area contributed by atoms with Gasteiger partial charge in [-0.05, 0) is 101 Å². The van der Waals surface area contributed by atoms with Crippen LogP contribution in [0.4, 0.5) is 5.69 Å². The van der Waals surface area contributed by atoms with Crippen molar-refractivity contribution < 1.29 is 9.53 Å². The molecule has 0 unspecified atom stereocenters. The molecule has 0 bridgehead atoms. The Morgan fingerprint density at radius 2 is 1.64 bits per heavy atom. The van der Waals surface area contributed by atoms with E-state index in [1.54, 1.807) is 0 Å². The first-order chi connectivity index (χ1) is 17.7. The molecule has 198 valence electrons. The Balaban J connectivity index is 0.990. The minimum atomic E-state index is 0.285. The van der Waals surface area contributed by atoms with E-state index in [-0.39, 0.29) is 5.91 Å². The number of benzene rings is 1. The number of rotatable bonds is 8. The van der Waals surface area contributed by atoms with Crippen molar-refractivity contribution in [1.29, 1.82) is 0 Å². The first-order valence-corrected chi connectivity index (χ1v) is 15.2. The van der Waals surface area contributed by atoms with Crippen molar-refractivity contribution in [1.82, 2.24) is 9.80 Å². The smallest absolute Gasteiger partial charge is 0.227 e. The Hall–Kier alpha value is -1.59. The van der Waals surface area contributed by atoms with Gasteiger partial charge in [-0.1, -0.05) is 32.1 Å². The Morgan fingerprint density at radius 3 is 2.47 bits per heavy atom. The van der Waals surface area contributed by atoms with E-state index in [2.05, 4.69) is 39.0 Å². The highest BCUT2D eigenvalue weighted by molar-refractivity contribution is 5.96. The fourth-order valence-electron chi connectivity index (χ4n) is 8.50. The van der Waals surface area contributed by atoms with Crippen LogP contribution >= 0.6 is 0 Å². The molecule has 0 N–H and O–H groups in total. The largest absolute Gasteiger partial charge is 0.494 e. The lowest BCUT2D eigenvalue weighted by Crippen LogP contribution is -2.48. The van der Waals surface area contributed by atoms with Crippen molar-refractivity contribution in [2.24, 2.45) is 11.8 Å². The second-order valence-corrected chi connectivity index (χ2v) is 12.5. The van der Waals surface area contributed by atoms with Gasteiger partial charge in [-0.15, -0.1) is 0 Å². The quantitative estimate of drug-likeness (QED) is 0.424. The third kappa shape index (κ3) is 5.20. The minimum absolute atomic E-state index is 0.285. The molecule has 6 rings (SSSR count). The van der Waals surface area contributed by atoms with Gasteiger partial charge in [0.15, 0.2) is 0 Å². The number of piperidine rings is 1. The maximum absolute atomic E-state index is 12.9. The second kappa shape index (κ2) is 11.0. The zero-order valence-corrected chi connectivity index (χ0v) is 22.3. The first-order valence-electron chi connectivity index (χ1n) is 15.2. The molecular formula is C31H47N3O2. The Morgan fingerprint density at radius 1 is 0.861 bits per heavy atom. The summed E-state index contributed by atoms with van der Waals surface area (Å²) in [6.45, 7) is 6.71. The van der Waals surface area contributed by atoms with Crippen LogP contribution in [0.1, 0.15) is 89.9 Å². The molecule has 3 atom stereocenters. The van der Waals surface area contributed by atoms with E-state index in [1.807, 2.05) is 0 Å². The molecular weight excluding hydrogens is 446 g/mol. The zero-order chi connectivity index (χ0) is 24.4. The van der Waals surface area contributed by atoms with E-state index in [4.69, 9.17) is 4.74 Å². The zero-order valence-electron chi connectivity index (χ0n) is 22.3. The topological polar surface area (TPSA) is 36.0 Å². The summed E-state index contributed by atoms with van der Waals surface area (Å²) in [6, 6.07) is 8.66. The lowest BCUT2D eigenvalue weighted by molar-refractivity contribution is -0.117. The van der Waals surface area contributed by atoms with E-state index in [1.165, 1.54) is 96.8 Å². The highest BCUT2D eigenvalue weighted by Gasteiger charge is 2.42. The molecule has 5 fully saturated rings. The summed E-state index contributed by atoms with van der Waals surface area (Å²) in [6.07, 6.45) is 18.2. The molecule has 3 heterocycles. The summed E-state index contributed by atoms with van der Waals surface area (Å²) >= 11 is 0. The van der Waals surface area contributed by atoms with Crippen molar-refractivity contribution in [3.8, 4) is 5.75 Å². The van der Waals surface area contributed by atoms with Gasteiger partial charge in [-0.25, -0.2) is 0 Å². The molecule has 5 aliphatic rings. The molecule has 5 heteroatoms. The molecule has 0 aromatic heterocycles. The third-order valence-corrected chi connectivity index (χ3v) is 10.4. The Kier molecular flexibility index (Phi) is 7.58. The van der Waals surface area contributed by atoms with Gasteiger partial charge in [0.2, 0.25) is 5.91 Å². The highest BCUT2D eigenvalue weighted by Crippen LogP contribution is 2.43. The Labute approximate surface area is 218 Å². The molecule has 0 radical (unpaired) electrons. The number of fused-ring (bicyclic) bond motifs is 1. The first kappa shape index (κ1) is 24.7. The molecule has 3 aliphatic heterocycles. The van der Waals surface area contributed by atoms with Crippen molar-refractivity contribution in [2.75, 3.05) is 44.2 Å². The lowest BCUT2D eigenvalue weighted by Gasteiger charge is -2.42. The average Bonchev–Trinajstić information content (AvgIpc) is 3.64. The van der Waals surface area contributed by atoms with Gasteiger partial charge >= 0.3 is 0 Å². The molecule has 2 saturated carbocycles. The second-order valence-electron chi connectivity index (χ2n) is 12.5. The van der Waals surface area contributed by atoms with Gasteiger partial charge in [0.25, 0.3) is 0 Å². The van der Waals surface area contributed by atoms with Crippen LogP contribution in [-0.4, -0.2) is 66.6 Å². The molecule has 1 aromatic rings. The van der Waals surface area contributed by atoms with Gasteiger partial charge in [-0.3, -0.25) is 9.69 Å². The van der Waals surface area contributed by atoms with Gasteiger partial charge in [0.1, 0.15) is 5.75 Å². The van der Waals surface area contributed by atoms with E-state index >= 15 is 0 Å². The molecule has 5 nitrogen and oxygen atoms in total. The van der Waals surface area contributed by atoms with Gasteiger partial charge < -0.3 is 14.5 Å². The molecule has 1 aromatic carbocycles. The maximum Gasteiger partial charge on any atom is 0.227 e. The fourth-order valence-corrected chi connectivity index (χ4v) is 8.50. The predicted octanol–water partition coefficient (Wildman–Crippen LogP) is 5.87. The van der Waals surface area contributed by atoms with Crippen molar-refractivity contribution in [2.45, 2.75) is 101 Å². The molecule has 36 heavy (non-hydrogen) atoms. The highest BCUT2D eigenvalue weighted by atomic mass is 16.5. The van der Waals surface area contributed by atoms with Crippen molar-refractivity contribution in [3.05, 3.63) is 24.3 Å². The summed E-state index contributed by atoms with van der Waals surface area (Å²) in [5.41, 5.74) is 1.58. The summed E-state index contributed by atoms with van der Waals surface area (Å²) in [5.74, 6) is 3.07. The fraction of sp³-hybridized carbons (Fsp3) is 0.774. The number of likely N-dealkylation sites (tertiary alicyclic amines) is 2. The average molecular weight is 494 g/mol. The summed E-state index contributed by atoms with van der Waals surface area (Å²) < 4.78 is 6.12. The molecule has 2 aliphatic carbocycles. The Bertz CT molecular complexity index is 875. The SMILES string of the molecule is O=C1CC[C@@H](CN2CC[C@H]3CCCC[C@@H]3C2)N1c1ccc(OCCCN2CCCC23CCCC3)cc1.